The molecule has 5 N–H and O–H groups in total. The summed E-state index contributed by atoms with van der Waals surface area (Å²) in [5.41, 5.74) is 1.11. The number of aromatic nitrogens is 5. The van der Waals surface area contributed by atoms with E-state index in [1.54, 1.807) is 30.4 Å². The van der Waals surface area contributed by atoms with Crippen LogP contribution in [0.15, 0.2) is 23.7 Å². The van der Waals surface area contributed by atoms with Crippen LogP contribution < -0.4 is 16.0 Å². The zero-order valence-corrected chi connectivity index (χ0v) is 28.2. The molecule has 15 nitrogen and oxygen atoms in total. The Hall–Kier alpha value is -3.20. The van der Waals surface area contributed by atoms with E-state index in [1.165, 1.54) is 18.7 Å². The van der Waals surface area contributed by atoms with Crippen LogP contribution in [0, 0.1) is 0 Å². The highest BCUT2D eigenvalue weighted by Gasteiger charge is 2.33. The van der Waals surface area contributed by atoms with Gasteiger partial charge in [0.2, 0.25) is 11.8 Å². The molecule has 2 aromatic heterocycles. The zero-order chi connectivity index (χ0) is 32.2. The molecule has 0 saturated carbocycles. The van der Waals surface area contributed by atoms with Crippen LogP contribution >= 0.6 is 11.8 Å². The number of hydrogen-bond acceptors (Lipinski definition) is 11. The molecular weight excluding hydrogens is 613 g/mol. The molecule has 0 aliphatic rings. The second kappa shape index (κ2) is 16.6. The fraction of sp³-hybridized carbons (Fsp3) is 0.600. The number of carboxylic acid groups (broad SMARTS) is 2. The van der Waals surface area contributed by atoms with Gasteiger partial charge in [-0.05, 0) is 45.7 Å². The average Bonchev–Trinajstić information content (AvgIpc) is 3.34. The van der Waals surface area contributed by atoms with Gasteiger partial charge in [0.1, 0.15) is 6.04 Å². The Labute approximate surface area is 257 Å². The number of rotatable bonds is 19. The number of carbonyl (C=O) groups is 4. The van der Waals surface area contributed by atoms with E-state index in [0.717, 1.165) is 23.4 Å². The minimum Gasteiger partial charge on any atom is -0.481 e. The van der Waals surface area contributed by atoms with Gasteiger partial charge in [0.05, 0.1) is 24.7 Å². The van der Waals surface area contributed by atoms with Gasteiger partial charge in [-0.1, -0.05) is 17.0 Å². The number of thioether (sulfide) groups is 1. The standard InChI is InChI=1S/C25H42N8O7SSi2/c1-17(34)27-8-7-9-42(3,4)40-43(5,6)16-41-25-28-12-18(13-29-25)14-33-15-19(31-32-33)10-21(24(38)39)30-23(37)20(26-2)11-22(35)36/h12-13,15,20-21,26H,7-11,14,16H2,1-6H3,(H,27,34)(H,30,37)(H,35,36)(H,38,39)/t20-,21-/m0/s1. The molecule has 0 bridgehead atoms. The maximum Gasteiger partial charge on any atom is 0.326 e. The van der Waals surface area contributed by atoms with Crippen molar-refractivity contribution in [2.45, 2.75) is 82.2 Å². The lowest BCUT2D eigenvalue weighted by atomic mass is 10.1. The number of nitrogens with zero attached hydrogens (tertiary/aromatic N) is 5. The summed E-state index contributed by atoms with van der Waals surface area (Å²) in [6, 6.07) is -1.41. The Kier molecular flexibility index (Phi) is 13.9. The summed E-state index contributed by atoms with van der Waals surface area (Å²) in [5, 5.41) is 35.7. The molecule has 0 aliphatic carbocycles. The predicted molar refractivity (Wildman–Crippen MR) is 164 cm³/mol. The highest BCUT2D eigenvalue weighted by Crippen LogP contribution is 2.25. The van der Waals surface area contributed by atoms with Gasteiger partial charge in [0, 0.05) is 49.4 Å². The molecule has 2 heterocycles. The molecule has 0 spiro atoms. The van der Waals surface area contributed by atoms with Crippen molar-refractivity contribution in [2.75, 3.05) is 19.0 Å². The van der Waals surface area contributed by atoms with E-state index < -0.39 is 53.0 Å². The molecule has 0 saturated heterocycles. The van der Waals surface area contributed by atoms with Gasteiger partial charge >= 0.3 is 11.9 Å². The van der Waals surface area contributed by atoms with Gasteiger partial charge in [0.15, 0.2) is 21.8 Å². The Balaban J connectivity index is 1.89. The second-order valence-corrected chi connectivity index (χ2v) is 21.5. The molecule has 2 atom stereocenters. The van der Waals surface area contributed by atoms with Crippen LogP contribution in [0.1, 0.15) is 31.0 Å². The summed E-state index contributed by atoms with van der Waals surface area (Å²) in [4.78, 5) is 55.0. The first-order valence-electron chi connectivity index (χ1n) is 13.8. The lowest BCUT2D eigenvalue weighted by molar-refractivity contribution is -0.143. The molecule has 0 aromatic carbocycles. The molecule has 238 valence electrons. The molecular formula is C25H42N8O7SSi2. The van der Waals surface area contributed by atoms with Crippen molar-refractivity contribution in [3.8, 4) is 0 Å². The topological polar surface area (TPSA) is 211 Å². The van der Waals surface area contributed by atoms with Crippen LogP contribution in [0.3, 0.4) is 0 Å². The molecule has 0 unspecified atom stereocenters. The van der Waals surface area contributed by atoms with Gasteiger partial charge in [-0.3, -0.25) is 14.4 Å². The van der Waals surface area contributed by atoms with Gasteiger partial charge in [-0.25, -0.2) is 19.4 Å². The largest absolute Gasteiger partial charge is 0.481 e. The number of carboxylic acids is 2. The number of hydrogen-bond donors (Lipinski definition) is 5. The van der Waals surface area contributed by atoms with Crippen molar-refractivity contribution in [3.63, 3.8) is 0 Å². The lowest BCUT2D eigenvalue weighted by Gasteiger charge is -2.33. The monoisotopic (exact) mass is 654 g/mol. The number of aliphatic carboxylic acids is 2. The summed E-state index contributed by atoms with van der Waals surface area (Å²) < 4.78 is 8.16. The molecule has 0 aliphatic heterocycles. The second-order valence-electron chi connectivity index (χ2n) is 11.3. The minimum atomic E-state index is -1.99. The molecule has 43 heavy (non-hydrogen) atoms. The van der Waals surface area contributed by atoms with Crippen molar-refractivity contribution in [1.82, 2.24) is 40.9 Å². The predicted octanol–water partition coefficient (Wildman–Crippen LogP) is 0.875. The van der Waals surface area contributed by atoms with Crippen LogP contribution in [0.2, 0.25) is 32.2 Å². The number of nitrogens with one attached hydrogen (secondary N) is 3. The van der Waals surface area contributed by atoms with E-state index in [1.807, 2.05) is 0 Å². The van der Waals surface area contributed by atoms with Crippen LogP contribution in [0.5, 0.6) is 0 Å². The quantitative estimate of drug-likeness (QED) is 0.0617. The van der Waals surface area contributed by atoms with Crippen molar-refractivity contribution in [3.05, 3.63) is 29.8 Å². The van der Waals surface area contributed by atoms with E-state index in [9.17, 15) is 24.3 Å². The Bertz CT molecular complexity index is 1250. The zero-order valence-electron chi connectivity index (χ0n) is 25.4. The summed E-state index contributed by atoms with van der Waals surface area (Å²) in [6.45, 7) is 11.3. The van der Waals surface area contributed by atoms with Gasteiger partial charge in [0.25, 0.3) is 0 Å². The number of amides is 2. The summed E-state index contributed by atoms with van der Waals surface area (Å²) in [7, 11) is -2.44. The summed E-state index contributed by atoms with van der Waals surface area (Å²) in [5.74, 6) is -3.22. The third kappa shape index (κ3) is 13.8. The Morgan fingerprint density at radius 1 is 1.07 bits per heavy atom. The molecule has 2 amide bonds. The van der Waals surface area contributed by atoms with Gasteiger partial charge in [-0.15, -0.1) is 5.10 Å². The van der Waals surface area contributed by atoms with Gasteiger partial charge < -0.3 is 30.3 Å². The molecule has 0 fully saturated rings. The SMILES string of the molecule is CN[C@@H](CC(=O)O)C(=O)N[C@@H](Cc1cn(Cc2cnc(SC[Si](C)(C)O[Si](C)(C)CCCNC(C)=O)nc2)nn1)C(=O)O. The lowest BCUT2D eigenvalue weighted by Crippen LogP contribution is -2.50. The first-order chi connectivity index (χ1) is 20.1. The van der Waals surface area contributed by atoms with Crippen molar-refractivity contribution >= 4 is 52.1 Å². The normalized spacial score (nSPS) is 13.3. The highest BCUT2D eigenvalue weighted by molar-refractivity contribution is 8.00. The fourth-order valence-corrected chi connectivity index (χ4v) is 14.6. The van der Waals surface area contributed by atoms with E-state index in [-0.39, 0.29) is 12.3 Å². The van der Waals surface area contributed by atoms with Crippen molar-refractivity contribution < 1.29 is 33.5 Å². The smallest absolute Gasteiger partial charge is 0.326 e. The first kappa shape index (κ1) is 36.0. The van der Waals surface area contributed by atoms with E-state index >= 15 is 0 Å². The van der Waals surface area contributed by atoms with Crippen molar-refractivity contribution in [2.24, 2.45) is 0 Å². The molecule has 18 heteroatoms. The third-order valence-corrected chi connectivity index (χ3v) is 15.9. The minimum absolute atomic E-state index is 0.0183. The van der Waals surface area contributed by atoms with Crippen LogP contribution in [0.25, 0.3) is 0 Å². The van der Waals surface area contributed by atoms with Crippen LogP contribution in [0.4, 0.5) is 0 Å². The van der Waals surface area contributed by atoms with E-state index in [0.29, 0.717) is 23.9 Å². The van der Waals surface area contributed by atoms with Crippen molar-refractivity contribution in [1.29, 1.82) is 0 Å². The molecule has 2 aromatic rings. The van der Waals surface area contributed by atoms with E-state index in [4.69, 9.17) is 9.22 Å². The fourth-order valence-electron chi connectivity index (χ4n) is 4.22. The number of carbonyl (C=O) groups excluding carboxylic acids is 2. The first-order valence-corrected chi connectivity index (χ1v) is 21.0. The summed E-state index contributed by atoms with van der Waals surface area (Å²) >= 11 is 1.56. The Morgan fingerprint density at radius 3 is 2.33 bits per heavy atom. The van der Waals surface area contributed by atoms with Crippen LogP contribution in [-0.2, 0) is 36.3 Å². The third-order valence-electron chi connectivity index (χ3n) is 6.11. The molecule has 0 radical (unpaired) electrons. The maximum absolute atomic E-state index is 12.3. The maximum atomic E-state index is 12.3. The van der Waals surface area contributed by atoms with Gasteiger partial charge in [-0.2, -0.15) is 0 Å². The highest BCUT2D eigenvalue weighted by atomic mass is 32.2. The Morgan fingerprint density at radius 2 is 1.74 bits per heavy atom. The van der Waals surface area contributed by atoms with E-state index in [2.05, 4.69) is 62.4 Å². The van der Waals surface area contributed by atoms with Crippen LogP contribution in [-0.4, -0.2) is 107 Å². The average molecular weight is 655 g/mol. The summed E-state index contributed by atoms with van der Waals surface area (Å²) in [6.07, 6.45) is 5.26. The number of likely N-dealkylation sites (N-methyl/N-ethyl adjacent to an activating group) is 1. The molecule has 2 rings (SSSR count).